The fourth-order valence-electron chi connectivity index (χ4n) is 2.88. The molecule has 1 fully saturated rings. The van der Waals surface area contributed by atoms with Crippen LogP contribution in [-0.2, 0) is 21.4 Å². The minimum absolute atomic E-state index is 0.0168. The number of hydroxylamine groups is 2. The van der Waals surface area contributed by atoms with Gasteiger partial charge in [-0.15, -0.1) is 0 Å². The molecular weight excluding hydrogens is 350 g/mol. The van der Waals surface area contributed by atoms with Crippen LogP contribution in [0.3, 0.4) is 0 Å². The quantitative estimate of drug-likeness (QED) is 0.880. The molecule has 1 N–H and O–H groups in total. The maximum Gasteiger partial charge on any atom is 0.219 e. The monoisotopic (exact) mass is 368 g/mol. The first-order valence-electron chi connectivity index (χ1n) is 7.71. The molecule has 1 heterocycles. The molecule has 2 unspecified atom stereocenters. The molecule has 134 valence electrons. The Bertz CT molecular complexity index is 843. The van der Waals surface area contributed by atoms with Gasteiger partial charge in [-0.3, -0.25) is 4.84 Å². The fraction of sp³-hybridized carbons (Fsp3) is 0.294. The van der Waals surface area contributed by atoms with E-state index in [9.17, 15) is 17.2 Å². The fourth-order valence-corrected chi connectivity index (χ4v) is 4.37. The zero-order valence-electron chi connectivity index (χ0n) is 13.5. The van der Waals surface area contributed by atoms with Crippen molar-refractivity contribution in [3.8, 4) is 0 Å². The Kier molecular flexibility index (Phi) is 5.14. The van der Waals surface area contributed by atoms with Crippen molar-refractivity contribution >= 4 is 10.0 Å². The van der Waals surface area contributed by atoms with E-state index in [1.807, 2.05) is 0 Å². The van der Waals surface area contributed by atoms with Gasteiger partial charge in [0.1, 0.15) is 16.9 Å². The predicted molar refractivity (Wildman–Crippen MR) is 88.8 cm³/mol. The van der Waals surface area contributed by atoms with E-state index in [2.05, 4.69) is 4.72 Å². The van der Waals surface area contributed by atoms with Crippen molar-refractivity contribution in [3.63, 3.8) is 0 Å². The van der Waals surface area contributed by atoms with E-state index >= 15 is 0 Å². The molecule has 0 spiro atoms. The number of nitrogens with one attached hydrogen (secondary N) is 1. The van der Waals surface area contributed by atoms with Crippen LogP contribution in [0.1, 0.15) is 17.2 Å². The van der Waals surface area contributed by atoms with Gasteiger partial charge in [-0.25, -0.2) is 21.9 Å². The average Bonchev–Trinajstić information content (AvgIpc) is 2.97. The highest BCUT2D eigenvalue weighted by Gasteiger charge is 2.43. The Morgan fingerprint density at radius 3 is 2.56 bits per heavy atom. The highest BCUT2D eigenvalue weighted by atomic mass is 32.2. The van der Waals surface area contributed by atoms with Crippen molar-refractivity contribution in [1.29, 1.82) is 0 Å². The third kappa shape index (κ3) is 4.04. The summed E-state index contributed by atoms with van der Waals surface area (Å²) < 4.78 is 54.3. The van der Waals surface area contributed by atoms with Gasteiger partial charge in [0, 0.05) is 13.6 Å². The van der Waals surface area contributed by atoms with E-state index < -0.39 is 32.9 Å². The summed E-state index contributed by atoms with van der Waals surface area (Å²) in [4.78, 5) is 5.38. The van der Waals surface area contributed by atoms with E-state index in [1.165, 1.54) is 35.4 Å². The van der Waals surface area contributed by atoms with Crippen LogP contribution in [-0.4, -0.2) is 32.4 Å². The minimum atomic E-state index is -3.74. The van der Waals surface area contributed by atoms with E-state index in [4.69, 9.17) is 4.84 Å². The van der Waals surface area contributed by atoms with Crippen molar-refractivity contribution in [2.75, 3.05) is 13.7 Å². The highest BCUT2D eigenvalue weighted by Crippen LogP contribution is 2.33. The SMILES string of the molecule is CN1OCC(S(=O)(=O)NCc2cccc(F)c2)C1c1ccc(F)cc1. The summed E-state index contributed by atoms with van der Waals surface area (Å²) >= 11 is 0. The van der Waals surface area contributed by atoms with Crippen molar-refractivity contribution in [3.05, 3.63) is 71.3 Å². The van der Waals surface area contributed by atoms with Crippen LogP contribution >= 0.6 is 0 Å². The summed E-state index contributed by atoms with van der Waals surface area (Å²) in [5, 5.41) is 0.593. The van der Waals surface area contributed by atoms with Crippen molar-refractivity contribution in [1.82, 2.24) is 9.79 Å². The van der Waals surface area contributed by atoms with Crippen molar-refractivity contribution in [2.45, 2.75) is 17.8 Å². The summed E-state index contributed by atoms with van der Waals surface area (Å²) in [5.41, 5.74) is 1.16. The van der Waals surface area contributed by atoms with Crippen LogP contribution in [0.2, 0.25) is 0 Å². The largest absolute Gasteiger partial charge is 0.297 e. The Balaban J connectivity index is 1.79. The number of hydrogen-bond donors (Lipinski definition) is 1. The molecule has 2 atom stereocenters. The smallest absolute Gasteiger partial charge is 0.219 e. The topological polar surface area (TPSA) is 58.6 Å². The summed E-state index contributed by atoms with van der Waals surface area (Å²) in [7, 11) is -2.11. The lowest BCUT2D eigenvalue weighted by molar-refractivity contribution is -0.110. The first-order valence-corrected chi connectivity index (χ1v) is 9.25. The van der Waals surface area contributed by atoms with E-state index in [0.717, 1.165) is 0 Å². The zero-order valence-corrected chi connectivity index (χ0v) is 14.3. The molecule has 0 radical (unpaired) electrons. The summed E-state index contributed by atoms with van der Waals surface area (Å²) in [6.07, 6.45) is 0. The van der Waals surface area contributed by atoms with Gasteiger partial charge in [-0.1, -0.05) is 24.3 Å². The van der Waals surface area contributed by atoms with Gasteiger partial charge in [-0.05, 0) is 35.4 Å². The highest BCUT2D eigenvalue weighted by molar-refractivity contribution is 7.90. The van der Waals surface area contributed by atoms with Crippen LogP contribution in [0.25, 0.3) is 0 Å². The molecule has 5 nitrogen and oxygen atoms in total. The molecule has 0 saturated carbocycles. The molecule has 0 aromatic heterocycles. The second-order valence-electron chi connectivity index (χ2n) is 5.87. The molecule has 0 bridgehead atoms. The molecule has 3 rings (SSSR count). The first-order chi connectivity index (χ1) is 11.9. The van der Waals surface area contributed by atoms with Gasteiger partial charge in [0.05, 0.1) is 12.6 Å². The van der Waals surface area contributed by atoms with Crippen LogP contribution in [0.5, 0.6) is 0 Å². The first kappa shape index (κ1) is 17.9. The van der Waals surface area contributed by atoms with Crippen LogP contribution in [0.15, 0.2) is 48.5 Å². The molecular formula is C17H18F2N2O3S. The number of hydrogen-bond acceptors (Lipinski definition) is 4. The molecule has 1 aliphatic heterocycles. The Morgan fingerprint density at radius 1 is 1.16 bits per heavy atom. The Morgan fingerprint density at radius 2 is 1.88 bits per heavy atom. The lowest BCUT2D eigenvalue weighted by atomic mass is 10.0. The summed E-state index contributed by atoms with van der Waals surface area (Å²) in [6, 6.07) is 10.8. The van der Waals surface area contributed by atoms with Gasteiger partial charge in [0.25, 0.3) is 0 Å². The normalized spacial score (nSPS) is 21.6. The molecule has 1 aliphatic rings. The van der Waals surface area contributed by atoms with Gasteiger partial charge < -0.3 is 0 Å². The predicted octanol–water partition coefficient (Wildman–Crippen LogP) is 2.37. The van der Waals surface area contributed by atoms with Gasteiger partial charge >= 0.3 is 0 Å². The number of rotatable bonds is 5. The molecule has 1 saturated heterocycles. The second-order valence-corrected chi connectivity index (χ2v) is 7.86. The van der Waals surface area contributed by atoms with E-state index in [-0.39, 0.29) is 13.2 Å². The number of sulfonamides is 1. The molecule has 8 heteroatoms. The minimum Gasteiger partial charge on any atom is -0.297 e. The third-order valence-electron chi connectivity index (χ3n) is 4.16. The molecule has 25 heavy (non-hydrogen) atoms. The molecule has 0 aliphatic carbocycles. The number of nitrogens with zero attached hydrogens (tertiary/aromatic N) is 1. The van der Waals surface area contributed by atoms with Gasteiger partial charge in [0.2, 0.25) is 10.0 Å². The molecule has 2 aromatic rings. The molecule has 2 aromatic carbocycles. The van der Waals surface area contributed by atoms with Gasteiger partial charge in [0.15, 0.2) is 0 Å². The Labute approximate surface area is 145 Å². The van der Waals surface area contributed by atoms with Crippen LogP contribution < -0.4 is 4.72 Å². The maximum absolute atomic E-state index is 13.2. The summed E-state index contributed by atoms with van der Waals surface area (Å²) in [5.74, 6) is -0.821. The second kappa shape index (κ2) is 7.17. The molecule has 0 amide bonds. The van der Waals surface area contributed by atoms with Crippen molar-refractivity contribution < 1.29 is 22.0 Å². The lowest BCUT2D eigenvalue weighted by Crippen LogP contribution is -2.39. The maximum atomic E-state index is 13.2. The summed E-state index contributed by atoms with van der Waals surface area (Å²) in [6.45, 7) is -0.0343. The lowest BCUT2D eigenvalue weighted by Gasteiger charge is -2.23. The standard InChI is InChI=1S/C17H18F2N2O3S/c1-21-17(13-5-7-14(18)8-6-13)16(11-24-21)25(22,23)20-10-12-3-2-4-15(19)9-12/h2-9,16-17,20H,10-11H2,1H3. The van der Waals surface area contributed by atoms with Crippen LogP contribution in [0, 0.1) is 11.6 Å². The van der Waals surface area contributed by atoms with Gasteiger partial charge in [-0.2, -0.15) is 5.06 Å². The number of halogens is 2. The van der Waals surface area contributed by atoms with E-state index in [0.29, 0.717) is 11.1 Å². The van der Waals surface area contributed by atoms with Crippen molar-refractivity contribution in [2.24, 2.45) is 0 Å². The van der Waals surface area contributed by atoms with Crippen LogP contribution in [0.4, 0.5) is 8.78 Å². The average molecular weight is 368 g/mol. The third-order valence-corrected chi connectivity index (χ3v) is 5.90. The number of benzene rings is 2. The van der Waals surface area contributed by atoms with E-state index in [1.54, 1.807) is 25.2 Å². The Hall–Kier alpha value is -1.87. The zero-order chi connectivity index (χ0) is 18.0.